The van der Waals surface area contributed by atoms with E-state index in [2.05, 4.69) is 5.32 Å². The lowest BCUT2D eigenvalue weighted by Gasteiger charge is -2.10. The maximum atomic E-state index is 12.0. The Morgan fingerprint density at radius 2 is 1.96 bits per heavy atom. The van der Waals surface area contributed by atoms with E-state index in [4.69, 9.17) is 30.5 Å². The number of methoxy groups -OCH3 is 1. The van der Waals surface area contributed by atoms with Gasteiger partial charge in [-0.05, 0) is 30.3 Å². The first kappa shape index (κ1) is 17.9. The van der Waals surface area contributed by atoms with Gasteiger partial charge >= 0.3 is 5.97 Å². The number of benzene rings is 2. The molecule has 136 valence electrons. The molecule has 1 N–H and O–H groups in total. The molecule has 0 saturated carbocycles. The van der Waals surface area contributed by atoms with Gasteiger partial charge in [0.15, 0.2) is 18.1 Å². The van der Waals surface area contributed by atoms with E-state index in [0.29, 0.717) is 33.5 Å². The standard InChI is InChI=1S/C18H16ClNO6/c1-23-14-4-2-12(19)6-11(14)7-18(22)24-9-17(21)20-13-3-5-15-16(8-13)26-10-25-15/h2-6,8H,7,9-10H2,1H3,(H,20,21). The predicted molar refractivity (Wildman–Crippen MR) is 93.9 cm³/mol. The van der Waals surface area contributed by atoms with Gasteiger partial charge in [0.25, 0.3) is 5.91 Å². The van der Waals surface area contributed by atoms with Crippen molar-refractivity contribution < 1.29 is 28.5 Å². The number of amides is 1. The summed E-state index contributed by atoms with van der Waals surface area (Å²) < 4.78 is 20.6. The Kier molecular flexibility index (Phi) is 5.48. The number of nitrogens with one attached hydrogen (secondary N) is 1. The third-order valence-corrected chi connectivity index (χ3v) is 3.83. The first-order valence-electron chi connectivity index (χ1n) is 7.72. The minimum Gasteiger partial charge on any atom is -0.496 e. The van der Waals surface area contributed by atoms with Gasteiger partial charge in [-0.2, -0.15) is 0 Å². The molecule has 3 rings (SSSR count). The average molecular weight is 378 g/mol. The first-order valence-corrected chi connectivity index (χ1v) is 8.10. The summed E-state index contributed by atoms with van der Waals surface area (Å²) in [7, 11) is 1.50. The predicted octanol–water partition coefficient (Wildman–Crippen LogP) is 2.80. The molecular formula is C18H16ClNO6. The lowest BCUT2D eigenvalue weighted by molar-refractivity contribution is -0.146. The number of carbonyl (C=O) groups excluding carboxylic acids is 2. The van der Waals surface area contributed by atoms with Gasteiger partial charge in [-0.3, -0.25) is 9.59 Å². The van der Waals surface area contributed by atoms with Crippen molar-refractivity contribution in [2.45, 2.75) is 6.42 Å². The molecule has 2 aromatic carbocycles. The van der Waals surface area contributed by atoms with Crippen LogP contribution in [0.5, 0.6) is 17.2 Å². The number of carbonyl (C=O) groups is 2. The number of ether oxygens (including phenoxy) is 4. The number of halogens is 1. The molecule has 1 amide bonds. The summed E-state index contributed by atoms with van der Waals surface area (Å²) in [5, 5.41) is 3.11. The van der Waals surface area contributed by atoms with E-state index in [1.807, 2.05) is 0 Å². The Morgan fingerprint density at radius 1 is 1.15 bits per heavy atom. The van der Waals surface area contributed by atoms with Gasteiger partial charge in [0.2, 0.25) is 6.79 Å². The Bertz CT molecular complexity index is 838. The van der Waals surface area contributed by atoms with E-state index in [-0.39, 0.29) is 13.2 Å². The highest BCUT2D eigenvalue weighted by Gasteiger charge is 2.15. The van der Waals surface area contributed by atoms with Crippen molar-refractivity contribution in [1.29, 1.82) is 0 Å². The number of esters is 1. The zero-order valence-corrected chi connectivity index (χ0v) is 14.7. The number of hydrogen-bond donors (Lipinski definition) is 1. The molecule has 1 aliphatic rings. The van der Waals surface area contributed by atoms with Crippen LogP contribution in [0.1, 0.15) is 5.56 Å². The van der Waals surface area contributed by atoms with Crippen molar-refractivity contribution in [3.8, 4) is 17.2 Å². The quantitative estimate of drug-likeness (QED) is 0.779. The fourth-order valence-corrected chi connectivity index (χ4v) is 2.60. The lowest BCUT2D eigenvalue weighted by Crippen LogP contribution is -2.21. The summed E-state index contributed by atoms with van der Waals surface area (Å²) in [6.07, 6.45) is -0.0545. The van der Waals surface area contributed by atoms with Crippen LogP contribution in [0.2, 0.25) is 5.02 Å². The van der Waals surface area contributed by atoms with Gasteiger partial charge in [-0.1, -0.05) is 11.6 Å². The maximum Gasteiger partial charge on any atom is 0.310 e. The van der Waals surface area contributed by atoms with Crippen molar-refractivity contribution in [1.82, 2.24) is 0 Å². The highest BCUT2D eigenvalue weighted by molar-refractivity contribution is 6.30. The van der Waals surface area contributed by atoms with Crippen LogP contribution >= 0.6 is 11.6 Å². The normalized spacial score (nSPS) is 11.8. The zero-order valence-electron chi connectivity index (χ0n) is 13.9. The number of anilines is 1. The Hall–Kier alpha value is -2.93. The van der Waals surface area contributed by atoms with Gasteiger partial charge in [0.1, 0.15) is 5.75 Å². The van der Waals surface area contributed by atoms with E-state index in [1.165, 1.54) is 7.11 Å². The smallest absolute Gasteiger partial charge is 0.310 e. The summed E-state index contributed by atoms with van der Waals surface area (Å²) in [5.74, 6) is 0.663. The molecule has 2 aromatic rings. The molecule has 0 bridgehead atoms. The summed E-state index contributed by atoms with van der Waals surface area (Å²) in [4.78, 5) is 23.9. The number of rotatable bonds is 6. The second kappa shape index (κ2) is 7.97. The summed E-state index contributed by atoms with van der Waals surface area (Å²) in [6.45, 7) is -0.256. The van der Waals surface area contributed by atoms with Gasteiger partial charge in [-0.25, -0.2) is 0 Å². The van der Waals surface area contributed by atoms with Crippen molar-refractivity contribution >= 4 is 29.2 Å². The van der Waals surface area contributed by atoms with Crippen LogP contribution in [0.25, 0.3) is 0 Å². The van der Waals surface area contributed by atoms with Gasteiger partial charge < -0.3 is 24.3 Å². The largest absolute Gasteiger partial charge is 0.496 e. The fourth-order valence-electron chi connectivity index (χ4n) is 2.41. The molecule has 0 unspecified atom stereocenters. The summed E-state index contributed by atoms with van der Waals surface area (Å²) in [6, 6.07) is 9.94. The highest BCUT2D eigenvalue weighted by atomic mass is 35.5. The molecule has 0 fully saturated rings. The van der Waals surface area contributed by atoms with Crippen molar-refractivity contribution in [2.75, 3.05) is 25.8 Å². The van der Waals surface area contributed by atoms with E-state index in [0.717, 1.165) is 0 Å². The maximum absolute atomic E-state index is 12.0. The molecule has 8 heteroatoms. The molecule has 0 aromatic heterocycles. The molecular weight excluding hydrogens is 362 g/mol. The molecule has 0 aliphatic carbocycles. The van der Waals surface area contributed by atoms with Gasteiger partial charge in [0, 0.05) is 22.3 Å². The Labute approximate surface area is 154 Å². The molecule has 0 saturated heterocycles. The SMILES string of the molecule is COc1ccc(Cl)cc1CC(=O)OCC(=O)Nc1ccc2c(c1)OCO2. The van der Waals surface area contributed by atoms with Crippen LogP contribution in [0.4, 0.5) is 5.69 Å². The van der Waals surface area contributed by atoms with Gasteiger partial charge in [0.05, 0.1) is 13.5 Å². The minimum atomic E-state index is -0.564. The second-order valence-electron chi connectivity index (χ2n) is 5.41. The second-order valence-corrected chi connectivity index (χ2v) is 5.85. The van der Waals surface area contributed by atoms with Crippen LogP contribution in [-0.2, 0) is 20.7 Å². The van der Waals surface area contributed by atoms with E-state index < -0.39 is 18.5 Å². The minimum absolute atomic E-state index is 0.0545. The molecule has 0 radical (unpaired) electrons. The van der Waals surface area contributed by atoms with Crippen LogP contribution in [0.15, 0.2) is 36.4 Å². The third-order valence-electron chi connectivity index (χ3n) is 3.60. The molecule has 1 aliphatic heterocycles. The van der Waals surface area contributed by atoms with Crippen LogP contribution in [0, 0.1) is 0 Å². The lowest BCUT2D eigenvalue weighted by atomic mass is 10.1. The van der Waals surface area contributed by atoms with Crippen molar-refractivity contribution in [3.63, 3.8) is 0 Å². The molecule has 0 spiro atoms. The summed E-state index contributed by atoms with van der Waals surface area (Å²) >= 11 is 5.92. The zero-order chi connectivity index (χ0) is 18.5. The van der Waals surface area contributed by atoms with E-state index in [1.54, 1.807) is 36.4 Å². The average Bonchev–Trinajstić information content (AvgIpc) is 3.08. The first-order chi connectivity index (χ1) is 12.5. The van der Waals surface area contributed by atoms with Gasteiger partial charge in [-0.15, -0.1) is 0 Å². The Morgan fingerprint density at radius 3 is 2.77 bits per heavy atom. The molecule has 7 nitrogen and oxygen atoms in total. The Balaban J connectivity index is 1.51. The monoisotopic (exact) mass is 377 g/mol. The number of hydrogen-bond acceptors (Lipinski definition) is 6. The third kappa shape index (κ3) is 4.37. The highest BCUT2D eigenvalue weighted by Crippen LogP contribution is 2.34. The van der Waals surface area contributed by atoms with Crippen LogP contribution < -0.4 is 19.5 Å². The van der Waals surface area contributed by atoms with Crippen molar-refractivity contribution in [2.24, 2.45) is 0 Å². The molecule has 0 atom stereocenters. The van der Waals surface area contributed by atoms with Crippen LogP contribution in [0.3, 0.4) is 0 Å². The van der Waals surface area contributed by atoms with Crippen molar-refractivity contribution in [3.05, 3.63) is 47.0 Å². The fraction of sp³-hybridized carbons (Fsp3) is 0.222. The van der Waals surface area contributed by atoms with E-state index >= 15 is 0 Å². The van der Waals surface area contributed by atoms with E-state index in [9.17, 15) is 9.59 Å². The molecule has 26 heavy (non-hydrogen) atoms. The number of fused-ring (bicyclic) bond motifs is 1. The molecule has 1 heterocycles. The summed E-state index contributed by atoms with van der Waals surface area (Å²) in [5.41, 5.74) is 1.10. The topological polar surface area (TPSA) is 83.1 Å². The van der Waals surface area contributed by atoms with Crippen LogP contribution in [-0.4, -0.2) is 32.4 Å².